The number of sulfonamides is 1. The number of carbonyl (C=O) groups excluding carboxylic acids is 1. The van der Waals surface area contributed by atoms with Gasteiger partial charge in [0, 0.05) is 15.2 Å². The minimum atomic E-state index is -3.51. The fourth-order valence-electron chi connectivity index (χ4n) is 1.95. The van der Waals surface area contributed by atoms with Gasteiger partial charge in [-0.3, -0.25) is 9.52 Å². The third-order valence-corrected chi connectivity index (χ3v) is 4.28. The number of rotatable bonds is 4. The van der Waals surface area contributed by atoms with E-state index in [4.69, 9.17) is 11.6 Å². The Morgan fingerprint density at radius 3 is 2.39 bits per heavy atom. The maximum atomic E-state index is 12.5. The van der Waals surface area contributed by atoms with Gasteiger partial charge in [-0.05, 0) is 48.9 Å². The summed E-state index contributed by atoms with van der Waals surface area (Å²) < 4.78 is 26.1. The van der Waals surface area contributed by atoms with Gasteiger partial charge < -0.3 is 5.32 Å². The molecule has 5 nitrogen and oxygen atoms in total. The van der Waals surface area contributed by atoms with Crippen LogP contribution >= 0.6 is 27.5 Å². The van der Waals surface area contributed by atoms with Gasteiger partial charge in [0.25, 0.3) is 5.91 Å². The second kappa shape index (κ2) is 6.90. The molecule has 0 saturated heterocycles. The van der Waals surface area contributed by atoms with E-state index in [0.29, 0.717) is 10.7 Å². The highest BCUT2D eigenvalue weighted by Gasteiger charge is 2.16. The van der Waals surface area contributed by atoms with Crippen molar-refractivity contribution in [1.29, 1.82) is 0 Å². The van der Waals surface area contributed by atoms with Crippen molar-refractivity contribution in [2.75, 3.05) is 16.3 Å². The van der Waals surface area contributed by atoms with Crippen molar-refractivity contribution in [3.8, 4) is 0 Å². The zero-order valence-corrected chi connectivity index (χ0v) is 15.5. The molecule has 2 N–H and O–H groups in total. The fourth-order valence-corrected chi connectivity index (χ4v) is 3.18. The lowest BCUT2D eigenvalue weighted by Gasteiger charge is -2.13. The van der Waals surface area contributed by atoms with Gasteiger partial charge in [0.15, 0.2) is 0 Å². The Bertz CT molecular complexity index is 869. The number of anilines is 2. The monoisotopic (exact) mass is 416 g/mol. The van der Waals surface area contributed by atoms with Crippen LogP contribution in [-0.4, -0.2) is 20.6 Å². The molecule has 0 heterocycles. The summed E-state index contributed by atoms with van der Waals surface area (Å²) in [5.41, 5.74) is 1.81. The van der Waals surface area contributed by atoms with E-state index < -0.39 is 15.9 Å². The molecule has 0 radical (unpaired) electrons. The van der Waals surface area contributed by atoms with Crippen molar-refractivity contribution in [2.24, 2.45) is 0 Å². The SMILES string of the molecule is Cc1cc(Br)ccc1NC(=O)c1cc(Cl)ccc1NS(C)(=O)=O. The molecule has 1 amide bonds. The van der Waals surface area contributed by atoms with Gasteiger partial charge in [0.2, 0.25) is 10.0 Å². The van der Waals surface area contributed by atoms with Crippen LogP contribution < -0.4 is 10.0 Å². The van der Waals surface area contributed by atoms with E-state index in [1.165, 1.54) is 18.2 Å². The van der Waals surface area contributed by atoms with Crippen molar-refractivity contribution < 1.29 is 13.2 Å². The molecule has 0 spiro atoms. The van der Waals surface area contributed by atoms with Crippen LogP contribution in [0.1, 0.15) is 15.9 Å². The second-order valence-corrected chi connectivity index (χ2v) is 8.08. The molecule has 0 aromatic heterocycles. The molecule has 0 aliphatic heterocycles. The van der Waals surface area contributed by atoms with Crippen molar-refractivity contribution in [2.45, 2.75) is 6.92 Å². The minimum Gasteiger partial charge on any atom is -0.322 e. The Hall–Kier alpha value is -1.57. The molecule has 0 unspecified atom stereocenters. The summed E-state index contributed by atoms with van der Waals surface area (Å²) in [7, 11) is -3.51. The Labute approximate surface area is 148 Å². The summed E-state index contributed by atoms with van der Waals surface area (Å²) in [6, 6.07) is 9.80. The highest BCUT2D eigenvalue weighted by atomic mass is 79.9. The normalized spacial score (nSPS) is 11.1. The summed E-state index contributed by atoms with van der Waals surface area (Å²) in [4.78, 5) is 12.5. The number of hydrogen-bond acceptors (Lipinski definition) is 3. The molecule has 0 aliphatic carbocycles. The zero-order valence-electron chi connectivity index (χ0n) is 12.4. The van der Waals surface area contributed by atoms with Gasteiger partial charge in [-0.2, -0.15) is 0 Å². The number of aryl methyl sites for hydroxylation is 1. The Morgan fingerprint density at radius 2 is 1.78 bits per heavy atom. The first kappa shape index (κ1) is 17.8. The molecule has 2 aromatic rings. The molecule has 0 saturated carbocycles. The maximum Gasteiger partial charge on any atom is 0.257 e. The zero-order chi connectivity index (χ0) is 17.2. The van der Waals surface area contributed by atoms with Crippen LogP contribution in [0.25, 0.3) is 0 Å². The van der Waals surface area contributed by atoms with Gasteiger partial charge in [-0.15, -0.1) is 0 Å². The van der Waals surface area contributed by atoms with E-state index in [0.717, 1.165) is 16.3 Å². The molecular formula is C15H14BrClN2O3S. The molecule has 0 aliphatic rings. The van der Waals surface area contributed by atoms with Gasteiger partial charge >= 0.3 is 0 Å². The summed E-state index contributed by atoms with van der Waals surface area (Å²) in [6.45, 7) is 1.86. The van der Waals surface area contributed by atoms with Gasteiger partial charge in [-0.1, -0.05) is 27.5 Å². The van der Waals surface area contributed by atoms with Gasteiger partial charge in [0.05, 0.1) is 17.5 Å². The Morgan fingerprint density at radius 1 is 1.13 bits per heavy atom. The number of hydrogen-bond donors (Lipinski definition) is 2. The summed E-state index contributed by atoms with van der Waals surface area (Å²) >= 11 is 9.28. The van der Waals surface area contributed by atoms with Gasteiger partial charge in [-0.25, -0.2) is 8.42 Å². The second-order valence-electron chi connectivity index (χ2n) is 4.98. The smallest absolute Gasteiger partial charge is 0.257 e. The largest absolute Gasteiger partial charge is 0.322 e. The average molecular weight is 418 g/mol. The Kier molecular flexibility index (Phi) is 5.33. The fraction of sp³-hybridized carbons (Fsp3) is 0.133. The third-order valence-electron chi connectivity index (χ3n) is 2.96. The van der Waals surface area contributed by atoms with Crippen LogP contribution in [0, 0.1) is 6.92 Å². The number of carbonyl (C=O) groups is 1. The summed E-state index contributed by atoms with van der Waals surface area (Å²) in [5, 5.41) is 3.09. The van der Waals surface area contributed by atoms with Crippen LogP contribution in [0.4, 0.5) is 11.4 Å². The van der Waals surface area contributed by atoms with E-state index in [1.807, 2.05) is 13.0 Å². The van der Waals surface area contributed by atoms with E-state index in [-0.39, 0.29) is 11.3 Å². The van der Waals surface area contributed by atoms with Crippen molar-refractivity contribution >= 4 is 54.8 Å². The number of amides is 1. The molecule has 2 rings (SSSR count). The molecule has 23 heavy (non-hydrogen) atoms. The highest BCUT2D eigenvalue weighted by Crippen LogP contribution is 2.25. The summed E-state index contributed by atoms with van der Waals surface area (Å²) in [6.07, 6.45) is 1.02. The molecule has 0 fully saturated rings. The topological polar surface area (TPSA) is 75.3 Å². The molecule has 122 valence electrons. The Balaban J connectivity index is 2.36. The number of benzene rings is 2. The van der Waals surface area contributed by atoms with Crippen molar-refractivity contribution in [3.63, 3.8) is 0 Å². The molecular weight excluding hydrogens is 404 g/mol. The standard InChI is InChI=1S/C15H14BrClN2O3S/c1-9-7-10(16)3-5-13(9)18-15(20)12-8-11(17)4-6-14(12)19-23(2,21)22/h3-8,19H,1-2H3,(H,18,20). The molecule has 8 heteroatoms. The van der Waals surface area contributed by atoms with E-state index in [9.17, 15) is 13.2 Å². The van der Waals surface area contributed by atoms with Gasteiger partial charge in [0.1, 0.15) is 0 Å². The number of halogens is 2. The quantitative estimate of drug-likeness (QED) is 0.788. The van der Waals surface area contributed by atoms with Crippen LogP contribution in [-0.2, 0) is 10.0 Å². The first-order valence-corrected chi connectivity index (χ1v) is 9.57. The predicted octanol–water partition coefficient (Wildman–Crippen LogP) is 4.03. The van der Waals surface area contributed by atoms with Crippen LogP contribution in [0.3, 0.4) is 0 Å². The van der Waals surface area contributed by atoms with E-state index in [1.54, 1.807) is 12.1 Å². The van der Waals surface area contributed by atoms with E-state index in [2.05, 4.69) is 26.0 Å². The lowest BCUT2D eigenvalue weighted by molar-refractivity contribution is 0.102. The maximum absolute atomic E-state index is 12.5. The highest BCUT2D eigenvalue weighted by molar-refractivity contribution is 9.10. The summed E-state index contributed by atoms with van der Waals surface area (Å²) in [5.74, 6) is -0.455. The van der Waals surface area contributed by atoms with Crippen molar-refractivity contribution in [1.82, 2.24) is 0 Å². The predicted molar refractivity (Wildman–Crippen MR) is 96.8 cm³/mol. The lowest BCUT2D eigenvalue weighted by atomic mass is 10.1. The van der Waals surface area contributed by atoms with Crippen LogP contribution in [0.5, 0.6) is 0 Å². The molecule has 2 aromatic carbocycles. The number of nitrogens with one attached hydrogen (secondary N) is 2. The average Bonchev–Trinajstić information content (AvgIpc) is 2.42. The third kappa shape index (κ3) is 4.95. The molecule has 0 bridgehead atoms. The van der Waals surface area contributed by atoms with Crippen LogP contribution in [0.15, 0.2) is 40.9 Å². The molecule has 0 atom stereocenters. The van der Waals surface area contributed by atoms with Crippen LogP contribution in [0.2, 0.25) is 5.02 Å². The first-order valence-electron chi connectivity index (χ1n) is 6.50. The lowest BCUT2D eigenvalue weighted by Crippen LogP contribution is -2.18. The van der Waals surface area contributed by atoms with E-state index >= 15 is 0 Å². The van der Waals surface area contributed by atoms with Crippen molar-refractivity contribution in [3.05, 3.63) is 57.0 Å². The first-order chi connectivity index (χ1) is 10.7. The minimum absolute atomic E-state index is 0.144.